The molecule has 9 nitrogen and oxygen atoms in total. The van der Waals surface area contributed by atoms with E-state index in [9.17, 15) is 27.6 Å². The highest BCUT2D eigenvalue weighted by Gasteiger charge is 2.59. The van der Waals surface area contributed by atoms with Crippen LogP contribution >= 0.6 is 23.3 Å². The van der Waals surface area contributed by atoms with E-state index < -0.39 is 29.3 Å². The van der Waals surface area contributed by atoms with Crippen LogP contribution < -0.4 is 10.2 Å². The number of halogens is 4. The third-order valence-electron chi connectivity index (χ3n) is 8.17. The molecule has 214 valence electrons. The second-order valence-corrected chi connectivity index (χ2v) is 11.7. The van der Waals surface area contributed by atoms with Crippen LogP contribution in [0.25, 0.3) is 0 Å². The first-order valence-electron chi connectivity index (χ1n) is 13.1. The minimum atomic E-state index is -2.91. The monoisotopic (exact) mass is 604 g/mol. The first-order valence-corrected chi connectivity index (χ1v) is 14.2. The standard InChI is InChI=1S/C27H24ClF3N6O3S/c28-15-7-18(22(23(30)31)32-9-15)24(38)34-17-4-1-14(2-5-17)11-37-21-8-16(29)3-6-19(21)27(26(37)40)12-36(13-27)25(39)20-10-33-41-35-20/h3,6-10,14,17,23H,1-2,4-5,11-13H2,(H,34,38)/t14-,17-. The Bertz CT molecular complexity index is 1510. The van der Waals surface area contributed by atoms with Gasteiger partial charge in [0.1, 0.15) is 16.9 Å². The molecule has 1 spiro atoms. The number of fused-ring (bicyclic) bond motifs is 2. The lowest BCUT2D eigenvalue weighted by Gasteiger charge is -2.46. The van der Waals surface area contributed by atoms with Crippen molar-refractivity contribution in [2.24, 2.45) is 5.92 Å². The van der Waals surface area contributed by atoms with E-state index in [4.69, 9.17) is 11.6 Å². The average Bonchev–Trinajstić information content (AvgIpc) is 3.54. The minimum absolute atomic E-state index is 0.0849. The van der Waals surface area contributed by atoms with Crippen molar-refractivity contribution in [3.05, 3.63) is 70.0 Å². The van der Waals surface area contributed by atoms with Crippen LogP contribution in [0.4, 0.5) is 18.9 Å². The molecular weight excluding hydrogens is 581 g/mol. The van der Waals surface area contributed by atoms with Crippen LogP contribution in [-0.2, 0) is 10.2 Å². The van der Waals surface area contributed by atoms with Gasteiger partial charge in [-0.1, -0.05) is 17.7 Å². The number of pyridine rings is 1. The molecule has 1 N–H and O–H groups in total. The fourth-order valence-electron chi connectivity index (χ4n) is 6.09. The minimum Gasteiger partial charge on any atom is -0.349 e. The van der Waals surface area contributed by atoms with Gasteiger partial charge in [-0.15, -0.1) is 0 Å². The molecule has 2 aromatic heterocycles. The van der Waals surface area contributed by atoms with Crippen LogP contribution in [0.5, 0.6) is 0 Å². The summed E-state index contributed by atoms with van der Waals surface area (Å²) in [6, 6.07) is 5.27. The lowest BCUT2D eigenvalue weighted by Crippen LogP contribution is -2.65. The number of nitrogens with one attached hydrogen (secondary N) is 1. The van der Waals surface area contributed by atoms with Crippen LogP contribution in [0.2, 0.25) is 5.02 Å². The first kappa shape index (κ1) is 27.6. The summed E-state index contributed by atoms with van der Waals surface area (Å²) >= 11 is 6.81. The van der Waals surface area contributed by atoms with Crippen molar-refractivity contribution in [2.45, 2.75) is 43.6 Å². The lowest BCUT2D eigenvalue weighted by atomic mass is 9.74. The SMILES string of the molecule is O=C(N[C@H]1CC[C@H](CN2C(=O)C3(CN(C(=O)c4cnsn4)C3)c3ccc(F)cc32)CC1)c1cc(Cl)cnc1C(F)F. The summed E-state index contributed by atoms with van der Waals surface area (Å²) < 4.78 is 48.9. The summed E-state index contributed by atoms with van der Waals surface area (Å²) in [4.78, 5) is 46.1. The predicted octanol–water partition coefficient (Wildman–Crippen LogP) is 4.39. The van der Waals surface area contributed by atoms with Gasteiger partial charge in [0, 0.05) is 31.9 Å². The Balaban J connectivity index is 1.11. The molecule has 1 saturated carbocycles. The van der Waals surface area contributed by atoms with Gasteiger partial charge in [0.05, 0.1) is 34.2 Å². The molecule has 3 amide bonds. The van der Waals surface area contributed by atoms with E-state index in [1.807, 2.05) is 0 Å². The molecule has 0 unspecified atom stereocenters. The topological polar surface area (TPSA) is 108 Å². The summed E-state index contributed by atoms with van der Waals surface area (Å²) in [7, 11) is 0. The Morgan fingerprint density at radius 1 is 1.15 bits per heavy atom. The van der Waals surface area contributed by atoms with E-state index in [0.29, 0.717) is 43.5 Å². The highest BCUT2D eigenvalue weighted by molar-refractivity contribution is 6.99. The maximum atomic E-state index is 14.3. The Labute approximate surface area is 242 Å². The molecule has 4 heterocycles. The average molecular weight is 605 g/mol. The van der Waals surface area contributed by atoms with Crippen LogP contribution in [0.15, 0.2) is 36.7 Å². The quantitative estimate of drug-likeness (QED) is 0.447. The second kappa shape index (κ2) is 10.7. The molecular formula is C27H24ClF3N6O3S. The van der Waals surface area contributed by atoms with Crippen molar-refractivity contribution in [2.75, 3.05) is 24.5 Å². The highest BCUT2D eigenvalue weighted by atomic mass is 35.5. The molecule has 6 rings (SSSR count). The summed E-state index contributed by atoms with van der Waals surface area (Å²) in [5.41, 5.74) is -0.350. The molecule has 1 saturated heterocycles. The summed E-state index contributed by atoms with van der Waals surface area (Å²) in [5.74, 6) is -1.49. The smallest absolute Gasteiger partial charge is 0.281 e. The Kier molecular flexibility index (Phi) is 7.18. The summed E-state index contributed by atoms with van der Waals surface area (Å²) in [5, 5.41) is 2.90. The van der Waals surface area contributed by atoms with Crippen LogP contribution in [0.1, 0.15) is 64.2 Å². The van der Waals surface area contributed by atoms with Gasteiger partial charge in [0.25, 0.3) is 18.2 Å². The maximum Gasteiger partial charge on any atom is 0.281 e. The first-order chi connectivity index (χ1) is 19.7. The summed E-state index contributed by atoms with van der Waals surface area (Å²) in [6.45, 7) is 0.722. The van der Waals surface area contributed by atoms with E-state index in [2.05, 4.69) is 19.0 Å². The molecule has 14 heteroatoms. The number of carbonyl (C=O) groups is 3. The van der Waals surface area contributed by atoms with Crippen LogP contribution in [0, 0.1) is 11.7 Å². The normalized spacial score (nSPS) is 21.2. The van der Waals surface area contributed by atoms with Gasteiger partial charge in [0.15, 0.2) is 5.69 Å². The molecule has 3 aromatic rings. The van der Waals surface area contributed by atoms with Gasteiger partial charge in [-0.3, -0.25) is 19.4 Å². The predicted molar refractivity (Wildman–Crippen MR) is 144 cm³/mol. The Hall–Kier alpha value is -3.58. The zero-order valence-corrected chi connectivity index (χ0v) is 23.1. The van der Waals surface area contributed by atoms with Crippen molar-refractivity contribution in [1.82, 2.24) is 23.9 Å². The van der Waals surface area contributed by atoms with Gasteiger partial charge in [-0.25, -0.2) is 13.2 Å². The fraction of sp³-hybridized carbons (Fsp3) is 0.407. The van der Waals surface area contributed by atoms with Crippen molar-refractivity contribution < 1.29 is 27.6 Å². The fourth-order valence-corrected chi connectivity index (χ4v) is 6.65. The zero-order chi connectivity index (χ0) is 28.9. The molecule has 0 bridgehead atoms. The van der Waals surface area contributed by atoms with Gasteiger partial charge in [-0.05, 0) is 55.4 Å². The van der Waals surface area contributed by atoms with E-state index in [1.54, 1.807) is 15.9 Å². The van der Waals surface area contributed by atoms with Crippen molar-refractivity contribution >= 4 is 46.7 Å². The molecule has 2 aliphatic heterocycles. The number of hydrogen-bond donors (Lipinski definition) is 1. The molecule has 3 aliphatic rings. The largest absolute Gasteiger partial charge is 0.349 e. The number of alkyl halides is 2. The van der Waals surface area contributed by atoms with E-state index in [-0.39, 0.29) is 53.1 Å². The van der Waals surface area contributed by atoms with Gasteiger partial charge in [0.2, 0.25) is 5.91 Å². The highest BCUT2D eigenvalue weighted by Crippen LogP contribution is 2.48. The zero-order valence-electron chi connectivity index (χ0n) is 21.5. The molecule has 0 radical (unpaired) electrons. The van der Waals surface area contributed by atoms with Gasteiger partial charge < -0.3 is 15.1 Å². The number of likely N-dealkylation sites (tertiary alicyclic amines) is 1. The third kappa shape index (κ3) is 4.94. The Morgan fingerprint density at radius 2 is 1.90 bits per heavy atom. The number of rotatable bonds is 6. The Morgan fingerprint density at radius 3 is 2.59 bits per heavy atom. The van der Waals surface area contributed by atoms with E-state index >= 15 is 0 Å². The van der Waals surface area contributed by atoms with Crippen LogP contribution in [0.3, 0.4) is 0 Å². The molecule has 2 fully saturated rings. The second-order valence-electron chi connectivity index (χ2n) is 10.7. The van der Waals surface area contributed by atoms with Crippen molar-refractivity contribution in [3.63, 3.8) is 0 Å². The van der Waals surface area contributed by atoms with Crippen LogP contribution in [-0.4, -0.2) is 62.0 Å². The number of benzene rings is 1. The third-order valence-corrected chi connectivity index (χ3v) is 8.85. The number of nitrogens with zero attached hydrogens (tertiary/aromatic N) is 5. The van der Waals surface area contributed by atoms with Gasteiger partial charge >= 0.3 is 0 Å². The number of amides is 3. The van der Waals surface area contributed by atoms with Crippen molar-refractivity contribution in [3.8, 4) is 0 Å². The molecule has 0 atom stereocenters. The molecule has 1 aromatic carbocycles. The van der Waals surface area contributed by atoms with Crippen molar-refractivity contribution in [1.29, 1.82) is 0 Å². The van der Waals surface area contributed by atoms with Gasteiger partial charge in [-0.2, -0.15) is 8.75 Å². The maximum absolute atomic E-state index is 14.3. The summed E-state index contributed by atoms with van der Waals surface area (Å²) in [6.07, 6.45) is 2.07. The number of hydrogen-bond acceptors (Lipinski definition) is 7. The number of anilines is 1. The van der Waals surface area contributed by atoms with E-state index in [1.165, 1.54) is 24.4 Å². The molecule has 1 aliphatic carbocycles. The number of aromatic nitrogens is 3. The van der Waals surface area contributed by atoms with E-state index in [0.717, 1.165) is 17.9 Å². The molecule has 41 heavy (non-hydrogen) atoms. The lowest BCUT2D eigenvalue weighted by molar-refractivity contribution is -0.128. The number of carbonyl (C=O) groups excluding carboxylic acids is 3.